The summed E-state index contributed by atoms with van der Waals surface area (Å²) in [6.07, 6.45) is 0. The van der Waals surface area contributed by atoms with Crippen molar-refractivity contribution >= 4 is 26.8 Å². The van der Waals surface area contributed by atoms with Crippen LogP contribution >= 0.6 is 0 Å². The van der Waals surface area contributed by atoms with Crippen LogP contribution in [0.2, 0.25) is 29.7 Å². The van der Waals surface area contributed by atoms with Crippen LogP contribution in [0.15, 0.2) is 54.6 Å². The van der Waals surface area contributed by atoms with Gasteiger partial charge in [0.1, 0.15) is 13.8 Å². The largest absolute Gasteiger partial charge is 0.543 e. The highest BCUT2D eigenvalue weighted by molar-refractivity contribution is 7.00. The van der Waals surface area contributed by atoms with E-state index in [0.29, 0.717) is 16.6 Å². The van der Waals surface area contributed by atoms with Gasteiger partial charge in [-0.1, -0.05) is 107 Å². The van der Waals surface area contributed by atoms with E-state index in [1.807, 2.05) is 0 Å². The standard InChI is InChI=1S/C23H36OSi2/c1-18(2)26(19(3)4,20(5)6)24-21-14-16-23(17-15-21)25(7,8)22-12-10-9-11-13-22/h9-20H,1-8H3. The normalized spacial score (nSPS) is 12.9. The predicted molar refractivity (Wildman–Crippen MR) is 121 cm³/mol. The van der Waals surface area contributed by atoms with Crippen LogP contribution in [0.25, 0.3) is 0 Å². The van der Waals surface area contributed by atoms with Crippen LogP contribution in [0.3, 0.4) is 0 Å². The molecular formula is C23H36OSi2. The third-order valence-corrected chi connectivity index (χ3v) is 15.6. The molecule has 0 N–H and O–H groups in total. The monoisotopic (exact) mass is 384 g/mol. The summed E-state index contributed by atoms with van der Waals surface area (Å²) in [6.45, 7) is 18.9. The molecule has 0 fully saturated rings. The Morgan fingerprint density at radius 1 is 0.615 bits per heavy atom. The second kappa shape index (κ2) is 8.14. The average Bonchev–Trinajstić information content (AvgIpc) is 2.60. The van der Waals surface area contributed by atoms with Gasteiger partial charge in [0.05, 0.1) is 0 Å². The molecule has 1 nitrogen and oxygen atoms in total. The molecule has 0 aromatic heterocycles. The van der Waals surface area contributed by atoms with Gasteiger partial charge >= 0.3 is 0 Å². The number of benzene rings is 2. The van der Waals surface area contributed by atoms with Crippen molar-refractivity contribution in [1.29, 1.82) is 0 Å². The molecule has 142 valence electrons. The molecule has 2 rings (SSSR count). The van der Waals surface area contributed by atoms with Gasteiger partial charge in [0, 0.05) is 0 Å². The fourth-order valence-corrected chi connectivity index (χ4v) is 12.1. The lowest BCUT2D eigenvalue weighted by molar-refractivity contribution is 0.480. The van der Waals surface area contributed by atoms with Gasteiger partial charge < -0.3 is 4.43 Å². The molecule has 2 aromatic rings. The topological polar surface area (TPSA) is 9.23 Å². The second-order valence-electron chi connectivity index (χ2n) is 8.94. The highest BCUT2D eigenvalue weighted by Crippen LogP contribution is 2.42. The number of rotatable bonds is 7. The zero-order valence-corrected chi connectivity index (χ0v) is 19.8. The van der Waals surface area contributed by atoms with Crippen molar-refractivity contribution in [2.45, 2.75) is 71.3 Å². The van der Waals surface area contributed by atoms with Crippen molar-refractivity contribution in [3.05, 3.63) is 54.6 Å². The lowest BCUT2D eigenvalue weighted by atomic mass is 10.3. The molecule has 0 aliphatic heterocycles. The molecule has 0 saturated heterocycles. The first kappa shape index (κ1) is 21.0. The van der Waals surface area contributed by atoms with Gasteiger partial charge in [-0.15, -0.1) is 0 Å². The molecule has 0 unspecified atom stereocenters. The maximum absolute atomic E-state index is 6.81. The lowest BCUT2D eigenvalue weighted by Gasteiger charge is -2.42. The first-order valence-electron chi connectivity index (χ1n) is 9.97. The molecule has 0 aliphatic carbocycles. The van der Waals surface area contributed by atoms with Crippen molar-refractivity contribution in [1.82, 2.24) is 0 Å². The minimum atomic E-state index is -1.88. The lowest BCUT2D eigenvalue weighted by Crippen LogP contribution is -2.53. The summed E-state index contributed by atoms with van der Waals surface area (Å²) in [7, 11) is -3.53. The Kier molecular flexibility index (Phi) is 6.57. The SMILES string of the molecule is CC(C)[Si](Oc1ccc([Si](C)(C)c2ccccc2)cc1)(C(C)C)C(C)C. The summed E-state index contributed by atoms with van der Waals surface area (Å²) in [5.41, 5.74) is 1.78. The van der Waals surface area contributed by atoms with E-state index in [1.165, 1.54) is 10.4 Å². The van der Waals surface area contributed by atoms with Crippen LogP contribution in [0, 0.1) is 0 Å². The van der Waals surface area contributed by atoms with Crippen LogP contribution in [0.4, 0.5) is 0 Å². The molecule has 2 aromatic carbocycles. The van der Waals surface area contributed by atoms with Crippen LogP contribution in [0.5, 0.6) is 5.75 Å². The van der Waals surface area contributed by atoms with Gasteiger partial charge in [-0.2, -0.15) is 0 Å². The van der Waals surface area contributed by atoms with E-state index in [1.54, 1.807) is 0 Å². The van der Waals surface area contributed by atoms with Crippen LogP contribution < -0.4 is 14.8 Å². The summed E-state index contributed by atoms with van der Waals surface area (Å²) >= 11 is 0. The molecule has 0 saturated carbocycles. The van der Waals surface area contributed by atoms with Crippen molar-refractivity contribution in [3.8, 4) is 5.75 Å². The molecule has 0 radical (unpaired) electrons. The Morgan fingerprint density at radius 3 is 1.46 bits per heavy atom. The summed E-state index contributed by atoms with van der Waals surface area (Å²) in [4.78, 5) is 0. The predicted octanol–water partition coefficient (Wildman–Crippen LogP) is 6.06. The minimum absolute atomic E-state index is 0.595. The van der Waals surface area contributed by atoms with Crippen LogP contribution in [-0.2, 0) is 0 Å². The Morgan fingerprint density at radius 2 is 1.04 bits per heavy atom. The molecule has 0 amide bonds. The zero-order chi connectivity index (χ0) is 19.5. The summed E-state index contributed by atoms with van der Waals surface area (Å²) in [5, 5.41) is 2.94. The number of hydrogen-bond donors (Lipinski definition) is 0. The van der Waals surface area contributed by atoms with E-state index < -0.39 is 16.4 Å². The van der Waals surface area contributed by atoms with Gasteiger partial charge in [0.2, 0.25) is 0 Å². The third-order valence-electron chi connectivity index (χ3n) is 6.07. The van der Waals surface area contributed by atoms with E-state index in [9.17, 15) is 0 Å². The van der Waals surface area contributed by atoms with Crippen molar-refractivity contribution < 1.29 is 4.43 Å². The van der Waals surface area contributed by atoms with Gasteiger partial charge in [-0.25, -0.2) is 0 Å². The Bertz CT molecular complexity index is 666. The maximum atomic E-state index is 6.81. The highest BCUT2D eigenvalue weighted by atomic mass is 28.4. The third kappa shape index (κ3) is 3.99. The molecular weight excluding hydrogens is 348 g/mol. The summed E-state index contributed by atoms with van der Waals surface area (Å²) in [5.74, 6) is 1.05. The number of hydrogen-bond acceptors (Lipinski definition) is 1. The van der Waals surface area contributed by atoms with Gasteiger partial charge in [-0.05, 0) is 28.8 Å². The van der Waals surface area contributed by atoms with Gasteiger partial charge in [0.25, 0.3) is 8.32 Å². The zero-order valence-electron chi connectivity index (χ0n) is 17.8. The fraction of sp³-hybridized carbons (Fsp3) is 0.478. The van der Waals surface area contributed by atoms with Crippen molar-refractivity contribution in [2.75, 3.05) is 0 Å². The van der Waals surface area contributed by atoms with Crippen molar-refractivity contribution in [3.63, 3.8) is 0 Å². The molecule has 26 heavy (non-hydrogen) atoms. The minimum Gasteiger partial charge on any atom is -0.543 e. The maximum Gasteiger partial charge on any atom is 0.258 e. The van der Waals surface area contributed by atoms with E-state index in [4.69, 9.17) is 4.43 Å². The van der Waals surface area contributed by atoms with Crippen LogP contribution in [0.1, 0.15) is 41.5 Å². The van der Waals surface area contributed by atoms with E-state index in [2.05, 4.69) is 109 Å². The first-order chi connectivity index (χ1) is 12.1. The first-order valence-corrected chi connectivity index (χ1v) is 15.1. The molecule has 0 heterocycles. The van der Waals surface area contributed by atoms with E-state index >= 15 is 0 Å². The fourth-order valence-electron chi connectivity index (χ4n) is 4.52. The van der Waals surface area contributed by atoms with Crippen molar-refractivity contribution in [2.24, 2.45) is 0 Å². The quantitative estimate of drug-likeness (QED) is 0.527. The molecule has 0 aliphatic rings. The smallest absolute Gasteiger partial charge is 0.258 e. The van der Waals surface area contributed by atoms with Crippen LogP contribution in [-0.4, -0.2) is 16.4 Å². The Labute approximate surface area is 163 Å². The van der Waals surface area contributed by atoms with Gasteiger partial charge in [-0.3, -0.25) is 0 Å². The highest BCUT2D eigenvalue weighted by Gasteiger charge is 2.47. The summed E-state index contributed by atoms with van der Waals surface area (Å²) in [6, 6.07) is 20.0. The molecule has 0 atom stereocenters. The Balaban J connectivity index is 2.32. The summed E-state index contributed by atoms with van der Waals surface area (Å²) < 4.78 is 6.81. The Hall–Kier alpha value is -1.33. The second-order valence-corrected chi connectivity index (χ2v) is 18.7. The van der Waals surface area contributed by atoms with Gasteiger partial charge in [0.15, 0.2) is 0 Å². The average molecular weight is 385 g/mol. The molecule has 0 spiro atoms. The van der Waals surface area contributed by atoms with E-state index in [0.717, 1.165) is 5.75 Å². The molecule has 3 heteroatoms. The van der Waals surface area contributed by atoms with E-state index in [-0.39, 0.29) is 0 Å². The molecule has 0 bridgehead atoms.